The van der Waals surface area contributed by atoms with Crippen LogP contribution >= 0.6 is 0 Å². The average molecular weight is 279 g/mol. The van der Waals surface area contributed by atoms with Gasteiger partial charge in [0.2, 0.25) is 0 Å². The van der Waals surface area contributed by atoms with Gasteiger partial charge in [-0.05, 0) is 37.2 Å². The van der Waals surface area contributed by atoms with Gasteiger partial charge in [-0.25, -0.2) is 0 Å². The molecule has 1 aromatic heterocycles. The first-order valence-corrected chi connectivity index (χ1v) is 7.59. The van der Waals surface area contributed by atoms with E-state index in [9.17, 15) is 4.79 Å². The third kappa shape index (κ3) is 3.42. The van der Waals surface area contributed by atoms with Crippen LogP contribution in [0.4, 0.5) is 0 Å². The van der Waals surface area contributed by atoms with E-state index in [2.05, 4.69) is 26.1 Å². The highest BCUT2D eigenvalue weighted by Crippen LogP contribution is 2.23. The minimum Gasteiger partial charge on any atom is -0.459 e. The van der Waals surface area contributed by atoms with Crippen molar-refractivity contribution in [2.45, 2.75) is 52.0 Å². The lowest BCUT2D eigenvalue weighted by molar-refractivity contribution is 0.0506. The Hall–Kier alpha value is -1.29. The summed E-state index contributed by atoms with van der Waals surface area (Å²) in [4.78, 5) is 12.4. The Morgan fingerprint density at radius 2 is 2.10 bits per heavy atom. The zero-order valence-corrected chi connectivity index (χ0v) is 12.6. The molecule has 1 atom stereocenters. The van der Waals surface area contributed by atoms with Crippen molar-refractivity contribution in [2.24, 2.45) is 5.92 Å². The fraction of sp³-hybridized carbons (Fsp3) is 0.688. The van der Waals surface area contributed by atoms with Gasteiger partial charge in [-0.3, -0.25) is 4.79 Å². The highest BCUT2D eigenvalue weighted by atomic mass is 16.5. The molecule has 4 nitrogen and oxygen atoms in total. The third-order valence-corrected chi connectivity index (χ3v) is 4.12. The molecule has 1 aromatic rings. The zero-order chi connectivity index (χ0) is 14.5. The van der Waals surface area contributed by atoms with Crippen LogP contribution in [0, 0.1) is 5.92 Å². The monoisotopic (exact) mass is 279 g/mol. The highest BCUT2D eigenvalue weighted by Gasteiger charge is 2.26. The molecule has 20 heavy (non-hydrogen) atoms. The van der Waals surface area contributed by atoms with Gasteiger partial charge in [0.1, 0.15) is 0 Å². The molecule has 1 aliphatic rings. The number of amides is 1. The lowest BCUT2D eigenvalue weighted by Crippen LogP contribution is -2.42. The first kappa shape index (κ1) is 15.1. The molecule has 2 rings (SSSR count). The number of hydrogen-bond acceptors (Lipinski definition) is 3. The predicted octanol–water partition coefficient (Wildman–Crippen LogP) is 3.34. The Morgan fingerprint density at radius 3 is 2.70 bits per heavy atom. The Kier molecular flexibility index (Phi) is 5.24. The summed E-state index contributed by atoms with van der Waals surface area (Å²) < 4.78 is 10.8. The van der Waals surface area contributed by atoms with E-state index in [1.807, 2.05) is 6.07 Å². The predicted molar refractivity (Wildman–Crippen MR) is 77.9 cm³/mol. The van der Waals surface area contributed by atoms with Crippen LogP contribution < -0.4 is 5.32 Å². The maximum atomic E-state index is 12.4. The van der Waals surface area contributed by atoms with Gasteiger partial charge in [0.15, 0.2) is 5.76 Å². The van der Waals surface area contributed by atoms with Crippen molar-refractivity contribution in [3.63, 3.8) is 0 Å². The number of hydrogen-bond donors (Lipinski definition) is 1. The van der Waals surface area contributed by atoms with Crippen molar-refractivity contribution in [1.82, 2.24) is 5.32 Å². The smallest absolute Gasteiger partial charge is 0.287 e. The second-order valence-corrected chi connectivity index (χ2v) is 5.80. The Bertz CT molecular complexity index is 433. The summed E-state index contributed by atoms with van der Waals surface area (Å²) in [5.41, 5.74) is 0.976. The molecule has 0 saturated carbocycles. The minimum absolute atomic E-state index is 0.0861. The number of carbonyl (C=O) groups is 1. The van der Waals surface area contributed by atoms with E-state index in [1.165, 1.54) is 0 Å². The second kappa shape index (κ2) is 6.93. The molecule has 0 spiro atoms. The molecular weight excluding hydrogens is 254 g/mol. The van der Waals surface area contributed by atoms with E-state index in [4.69, 9.17) is 9.15 Å². The summed E-state index contributed by atoms with van der Waals surface area (Å²) in [6.45, 7) is 7.85. The summed E-state index contributed by atoms with van der Waals surface area (Å²) in [6, 6.07) is 2.09. The minimum atomic E-state index is -0.0861. The highest BCUT2D eigenvalue weighted by molar-refractivity contribution is 5.93. The van der Waals surface area contributed by atoms with Crippen LogP contribution in [0.1, 0.15) is 62.1 Å². The van der Waals surface area contributed by atoms with Gasteiger partial charge in [0.05, 0.1) is 6.26 Å². The number of furan rings is 1. The molecule has 0 unspecified atom stereocenters. The quantitative estimate of drug-likeness (QED) is 0.899. The van der Waals surface area contributed by atoms with Crippen LogP contribution in [0.25, 0.3) is 0 Å². The molecule has 1 fully saturated rings. The van der Waals surface area contributed by atoms with Crippen LogP contribution in [0.15, 0.2) is 16.7 Å². The van der Waals surface area contributed by atoms with Crippen molar-refractivity contribution in [3.8, 4) is 0 Å². The fourth-order valence-electron chi connectivity index (χ4n) is 2.86. The average Bonchev–Trinajstić information content (AvgIpc) is 2.95. The van der Waals surface area contributed by atoms with E-state index < -0.39 is 0 Å². The molecule has 0 aromatic carbocycles. The van der Waals surface area contributed by atoms with Crippen molar-refractivity contribution in [3.05, 3.63) is 23.7 Å². The molecule has 1 amide bonds. The molecule has 112 valence electrons. The van der Waals surface area contributed by atoms with Gasteiger partial charge in [-0.1, -0.05) is 20.8 Å². The molecule has 1 N–H and O–H groups in total. The second-order valence-electron chi connectivity index (χ2n) is 5.80. The van der Waals surface area contributed by atoms with E-state index >= 15 is 0 Å². The van der Waals surface area contributed by atoms with Crippen LogP contribution in [0.5, 0.6) is 0 Å². The SMILES string of the molecule is CC[C@H](NC(=O)c1occc1C(C)C)C1CCOCC1. The Balaban J connectivity index is 2.03. The summed E-state index contributed by atoms with van der Waals surface area (Å²) in [6.07, 6.45) is 4.58. The molecule has 0 radical (unpaired) electrons. The van der Waals surface area contributed by atoms with Crippen LogP contribution in [-0.4, -0.2) is 25.2 Å². The Morgan fingerprint density at radius 1 is 1.40 bits per heavy atom. The summed E-state index contributed by atoms with van der Waals surface area (Å²) >= 11 is 0. The Labute approximate surface area is 120 Å². The van der Waals surface area contributed by atoms with Crippen LogP contribution in [0.3, 0.4) is 0 Å². The van der Waals surface area contributed by atoms with Crippen molar-refractivity contribution < 1.29 is 13.9 Å². The van der Waals surface area contributed by atoms with Gasteiger partial charge in [-0.2, -0.15) is 0 Å². The van der Waals surface area contributed by atoms with Crippen molar-refractivity contribution in [1.29, 1.82) is 0 Å². The molecule has 0 aliphatic carbocycles. The first-order chi connectivity index (χ1) is 9.63. The van der Waals surface area contributed by atoms with Gasteiger partial charge in [0, 0.05) is 24.8 Å². The van der Waals surface area contributed by atoms with Gasteiger partial charge >= 0.3 is 0 Å². The van der Waals surface area contributed by atoms with E-state index in [0.29, 0.717) is 11.7 Å². The standard InChI is InChI=1S/C16H25NO3/c1-4-14(12-5-8-19-9-6-12)17-16(18)15-13(11(2)3)7-10-20-15/h7,10-12,14H,4-6,8-9H2,1-3H3,(H,17,18)/t14-/m0/s1. The van der Waals surface area contributed by atoms with Gasteiger partial charge < -0.3 is 14.5 Å². The summed E-state index contributed by atoms with van der Waals surface area (Å²) in [7, 11) is 0. The molecular formula is C16H25NO3. The maximum absolute atomic E-state index is 12.4. The number of nitrogens with one attached hydrogen (secondary N) is 1. The molecule has 4 heteroatoms. The van der Waals surface area contributed by atoms with E-state index in [0.717, 1.165) is 38.0 Å². The topological polar surface area (TPSA) is 51.5 Å². The first-order valence-electron chi connectivity index (χ1n) is 7.59. The lowest BCUT2D eigenvalue weighted by Gasteiger charge is -2.30. The summed E-state index contributed by atoms with van der Waals surface area (Å²) in [5, 5.41) is 3.15. The van der Waals surface area contributed by atoms with Crippen LogP contribution in [0.2, 0.25) is 0 Å². The molecule has 1 saturated heterocycles. The number of ether oxygens (including phenoxy) is 1. The van der Waals surface area contributed by atoms with Gasteiger partial charge in [-0.15, -0.1) is 0 Å². The van der Waals surface area contributed by atoms with Crippen molar-refractivity contribution in [2.75, 3.05) is 13.2 Å². The normalized spacial score (nSPS) is 18.2. The maximum Gasteiger partial charge on any atom is 0.287 e. The molecule has 2 heterocycles. The van der Waals surface area contributed by atoms with Gasteiger partial charge in [0.25, 0.3) is 5.91 Å². The fourth-order valence-corrected chi connectivity index (χ4v) is 2.86. The molecule has 0 bridgehead atoms. The number of carbonyl (C=O) groups excluding carboxylic acids is 1. The third-order valence-electron chi connectivity index (χ3n) is 4.12. The largest absolute Gasteiger partial charge is 0.459 e. The number of rotatable bonds is 5. The van der Waals surface area contributed by atoms with E-state index in [1.54, 1.807) is 6.26 Å². The molecule has 1 aliphatic heterocycles. The lowest BCUT2D eigenvalue weighted by atomic mass is 9.90. The summed E-state index contributed by atoms with van der Waals surface area (Å²) in [5.74, 6) is 1.18. The van der Waals surface area contributed by atoms with Crippen molar-refractivity contribution >= 4 is 5.91 Å². The zero-order valence-electron chi connectivity index (χ0n) is 12.6. The van der Waals surface area contributed by atoms with E-state index in [-0.39, 0.29) is 17.9 Å². The van der Waals surface area contributed by atoms with Crippen LogP contribution in [-0.2, 0) is 4.74 Å².